The average molecular weight is 373 g/mol. The van der Waals surface area contributed by atoms with Gasteiger partial charge in [0.25, 0.3) is 0 Å². The molecular formula is C21H32N4S. The molecule has 4 rings (SSSR count). The Morgan fingerprint density at radius 2 is 1.65 bits per heavy atom. The Hall–Kier alpha value is -1.20. The van der Waals surface area contributed by atoms with Crippen molar-refractivity contribution in [3.63, 3.8) is 0 Å². The standard InChI is InChI=1S/C21H32N4S/c1-21(2,3)17-7-9-19(10-8-17)26-25-12-11-22-20(25)24-15-13-23(14-16-24)18-5-4-6-18/h7-10,18H,4-6,11-16H2,1-3H3. The zero-order valence-electron chi connectivity index (χ0n) is 16.4. The first-order valence-corrected chi connectivity index (χ1v) is 10.9. The normalized spacial score (nSPS) is 22.5. The summed E-state index contributed by atoms with van der Waals surface area (Å²) in [5.41, 5.74) is 1.60. The van der Waals surface area contributed by atoms with Gasteiger partial charge in [-0.25, -0.2) is 0 Å². The maximum absolute atomic E-state index is 4.83. The smallest absolute Gasteiger partial charge is 0.207 e. The van der Waals surface area contributed by atoms with Crippen molar-refractivity contribution in [3.8, 4) is 0 Å². The number of guanidine groups is 1. The summed E-state index contributed by atoms with van der Waals surface area (Å²) < 4.78 is 2.39. The predicted octanol–water partition coefficient (Wildman–Crippen LogP) is 3.83. The Labute approximate surface area is 162 Å². The fraction of sp³-hybridized carbons (Fsp3) is 0.667. The number of rotatable bonds is 3. The molecule has 2 aliphatic heterocycles. The van der Waals surface area contributed by atoms with Crippen LogP contribution in [0.2, 0.25) is 0 Å². The molecule has 0 N–H and O–H groups in total. The first kappa shape index (κ1) is 18.2. The van der Waals surface area contributed by atoms with Crippen molar-refractivity contribution in [2.75, 3.05) is 39.3 Å². The lowest BCUT2D eigenvalue weighted by atomic mass is 9.87. The molecule has 3 aliphatic rings. The Morgan fingerprint density at radius 1 is 0.962 bits per heavy atom. The lowest BCUT2D eigenvalue weighted by Crippen LogP contribution is -2.55. The van der Waals surface area contributed by atoms with Gasteiger partial charge in [0.15, 0.2) is 0 Å². The largest absolute Gasteiger partial charge is 0.340 e. The summed E-state index contributed by atoms with van der Waals surface area (Å²) in [5, 5.41) is 0. The van der Waals surface area contributed by atoms with E-state index in [1.165, 1.54) is 48.8 Å². The van der Waals surface area contributed by atoms with Crippen molar-refractivity contribution in [1.82, 2.24) is 14.1 Å². The molecule has 0 bridgehead atoms. The van der Waals surface area contributed by atoms with Crippen LogP contribution >= 0.6 is 11.9 Å². The average Bonchev–Trinajstić information content (AvgIpc) is 3.02. The molecule has 2 fully saturated rings. The third kappa shape index (κ3) is 3.89. The number of hydrogen-bond acceptors (Lipinski definition) is 5. The van der Waals surface area contributed by atoms with E-state index in [0.29, 0.717) is 0 Å². The third-order valence-electron chi connectivity index (χ3n) is 5.90. The Bertz CT molecular complexity index is 637. The highest BCUT2D eigenvalue weighted by molar-refractivity contribution is 7.97. The second kappa shape index (κ2) is 7.43. The van der Waals surface area contributed by atoms with E-state index in [0.717, 1.165) is 32.2 Å². The first-order valence-electron chi connectivity index (χ1n) is 10.1. The maximum atomic E-state index is 4.83. The number of hydrogen-bond donors (Lipinski definition) is 0. The van der Waals surface area contributed by atoms with Gasteiger partial charge in [0.1, 0.15) is 0 Å². The molecule has 2 heterocycles. The van der Waals surface area contributed by atoms with E-state index in [9.17, 15) is 0 Å². The van der Waals surface area contributed by atoms with Gasteiger partial charge in [0.05, 0.1) is 13.1 Å². The summed E-state index contributed by atoms with van der Waals surface area (Å²) in [6, 6.07) is 9.93. The second-order valence-corrected chi connectivity index (χ2v) is 9.85. The van der Waals surface area contributed by atoms with Crippen LogP contribution in [0, 0.1) is 0 Å². The van der Waals surface area contributed by atoms with Crippen LogP contribution in [0.1, 0.15) is 45.6 Å². The molecule has 1 aromatic rings. The van der Waals surface area contributed by atoms with Crippen LogP contribution in [0.4, 0.5) is 0 Å². The topological polar surface area (TPSA) is 22.1 Å². The molecule has 4 nitrogen and oxygen atoms in total. The molecule has 0 atom stereocenters. The van der Waals surface area contributed by atoms with Crippen LogP contribution in [0.15, 0.2) is 34.2 Å². The SMILES string of the molecule is CC(C)(C)c1ccc(SN2CCN=C2N2CCN(C3CCC3)CC2)cc1. The summed E-state index contributed by atoms with van der Waals surface area (Å²) in [6.07, 6.45) is 4.25. The highest BCUT2D eigenvalue weighted by atomic mass is 32.2. The van der Waals surface area contributed by atoms with Crippen molar-refractivity contribution < 1.29 is 0 Å². The first-order chi connectivity index (χ1) is 12.5. The molecule has 1 aromatic carbocycles. The van der Waals surface area contributed by atoms with E-state index in [1.807, 2.05) is 11.9 Å². The van der Waals surface area contributed by atoms with Crippen molar-refractivity contribution in [3.05, 3.63) is 29.8 Å². The van der Waals surface area contributed by atoms with Gasteiger partial charge in [0, 0.05) is 37.1 Å². The lowest BCUT2D eigenvalue weighted by molar-refractivity contribution is 0.0835. The molecule has 1 aliphatic carbocycles. The highest BCUT2D eigenvalue weighted by Crippen LogP contribution is 2.30. The third-order valence-corrected chi connectivity index (χ3v) is 6.95. The van der Waals surface area contributed by atoms with E-state index in [4.69, 9.17) is 4.99 Å². The molecule has 0 radical (unpaired) electrons. The predicted molar refractivity (Wildman–Crippen MR) is 111 cm³/mol. The molecule has 26 heavy (non-hydrogen) atoms. The quantitative estimate of drug-likeness (QED) is 0.752. The van der Waals surface area contributed by atoms with Gasteiger partial charge >= 0.3 is 0 Å². The molecule has 0 unspecified atom stereocenters. The van der Waals surface area contributed by atoms with Crippen LogP contribution in [-0.4, -0.2) is 65.4 Å². The fourth-order valence-corrected chi connectivity index (χ4v) is 4.89. The van der Waals surface area contributed by atoms with Crippen molar-refractivity contribution in [2.45, 2.75) is 56.4 Å². The zero-order valence-corrected chi connectivity index (χ0v) is 17.3. The summed E-state index contributed by atoms with van der Waals surface area (Å²) in [5.74, 6) is 1.20. The number of nitrogens with zero attached hydrogens (tertiary/aromatic N) is 4. The minimum atomic E-state index is 0.212. The van der Waals surface area contributed by atoms with E-state index >= 15 is 0 Å². The van der Waals surface area contributed by atoms with Crippen LogP contribution < -0.4 is 0 Å². The Balaban J connectivity index is 1.35. The van der Waals surface area contributed by atoms with Crippen LogP contribution in [0.25, 0.3) is 0 Å². The molecule has 1 saturated heterocycles. The summed E-state index contributed by atoms with van der Waals surface area (Å²) in [7, 11) is 0. The van der Waals surface area contributed by atoms with Crippen LogP contribution in [-0.2, 0) is 5.41 Å². The van der Waals surface area contributed by atoms with Gasteiger partial charge in [-0.15, -0.1) is 0 Å². The highest BCUT2D eigenvalue weighted by Gasteiger charge is 2.31. The van der Waals surface area contributed by atoms with Gasteiger partial charge in [-0.05, 0) is 47.9 Å². The number of piperazine rings is 1. The Morgan fingerprint density at radius 3 is 2.23 bits per heavy atom. The zero-order chi connectivity index (χ0) is 18.1. The van der Waals surface area contributed by atoms with Crippen molar-refractivity contribution in [2.24, 2.45) is 4.99 Å². The summed E-state index contributed by atoms with van der Waals surface area (Å²) in [6.45, 7) is 13.4. The molecular weight excluding hydrogens is 340 g/mol. The van der Waals surface area contributed by atoms with Crippen LogP contribution in [0.5, 0.6) is 0 Å². The number of benzene rings is 1. The molecule has 0 amide bonds. The van der Waals surface area contributed by atoms with E-state index in [2.05, 4.69) is 59.1 Å². The van der Waals surface area contributed by atoms with Gasteiger partial charge in [0.2, 0.25) is 5.96 Å². The monoisotopic (exact) mass is 372 g/mol. The lowest BCUT2D eigenvalue weighted by Gasteiger charge is -2.44. The van der Waals surface area contributed by atoms with Crippen LogP contribution in [0.3, 0.4) is 0 Å². The van der Waals surface area contributed by atoms with Crippen molar-refractivity contribution >= 4 is 17.9 Å². The summed E-state index contributed by atoms with van der Waals surface area (Å²) >= 11 is 1.84. The Kier molecular flexibility index (Phi) is 5.20. The molecule has 142 valence electrons. The number of aliphatic imine (C=N–C) groups is 1. The van der Waals surface area contributed by atoms with E-state index < -0.39 is 0 Å². The molecule has 5 heteroatoms. The minimum absolute atomic E-state index is 0.212. The van der Waals surface area contributed by atoms with Gasteiger partial charge < -0.3 is 4.90 Å². The van der Waals surface area contributed by atoms with E-state index in [-0.39, 0.29) is 5.41 Å². The molecule has 0 spiro atoms. The van der Waals surface area contributed by atoms with E-state index in [1.54, 1.807) is 0 Å². The van der Waals surface area contributed by atoms with Gasteiger partial charge in [-0.2, -0.15) is 0 Å². The van der Waals surface area contributed by atoms with Gasteiger partial charge in [-0.3, -0.25) is 14.2 Å². The van der Waals surface area contributed by atoms with Gasteiger partial charge in [-0.1, -0.05) is 39.3 Å². The molecule has 0 aromatic heterocycles. The van der Waals surface area contributed by atoms with Crippen molar-refractivity contribution in [1.29, 1.82) is 0 Å². The molecule has 1 saturated carbocycles. The minimum Gasteiger partial charge on any atom is -0.340 e. The second-order valence-electron chi connectivity index (χ2n) is 8.76. The fourth-order valence-electron chi connectivity index (χ4n) is 3.95. The maximum Gasteiger partial charge on any atom is 0.207 e. The summed E-state index contributed by atoms with van der Waals surface area (Å²) in [4.78, 5) is 11.3.